The number of hydrogen-bond acceptors (Lipinski definition) is 8. The molecule has 164 valence electrons. The molecule has 33 heavy (non-hydrogen) atoms. The fourth-order valence-electron chi connectivity index (χ4n) is 3.76. The second-order valence-electron chi connectivity index (χ2n) is 7.41. The summed E-state index contributed by atoms with van der Waals surface area (Å²) >= 11 is 0. The largest absolute Gasteiger partial charge is 0.340 e. The Balaban J connectivity index is 1.16. The Hall–Kier alpha value is -4.60. The van der Waals surface area contributed by atoms with Gasteiger partial charge in [0.25, 0.3) is 11.8 Å². The molecule has 0 radical (unpaired) electrons. The van der Waals surface area contributed by atoms with Crippen molar-refractivity contribution in [1.82, 2.24) is 25.5 Å². The molecule has 10 heteroatoms. The summed E-state index contributed by atoms with van der Waals surface area (Å²) < 4.78 is 5.05. The number of carbonyl (C=O) groups is 3. The average molecular weight is 442 g/mol. The molecule has 0 unspecified atom stereocenters. The number of amides is 3. The number of rotatable bonds is 7. The fraction of sp³-hybridized carbons (Fsp3) is 0.130. The molecule has 0 atom stereocenters. The summed E-state index contributed by atoms with van der Waals surface area (Å²) in [6.07, 6.45) is 3.60. The number of nitrogens with zero attached hydrogens (tertiary/aromatic N) is 4. The van der Waals surface area contributed by atoms with Crippen LogP contribution in [0.15, 0.2) is 65.4 Å². The Morgan fingerprint density at radius 3 is 2.36 bits per heavy atom. The molecule has 4 aromatic rings. The summed E-state index contributed by atoms with van der Waals surface area (Å²) in [5.74, 6) is -0.695. The Kier molecular flexibility index (Phi) is 5.23. The van der Waals surface area contributed by atoms with Crippen molar-refractivity contribution in [1.29, 1.82) is 0 Å². The molecule has 1 aliphatic heterocycles. The highest BCUT2D eigenvalue weighted by Crippen LogP contribution is 2.30. The van der Waals surface area contributed by atoms with E-state index in [1.807, 2.05) is 12.1 Å². The average Bonchev–Trinajstić information content (AvgIpc) is 3.33. The van der Waals surface area contributed by atoms with Crippen LogP contribution in [0.4, 0.5) is 6.01 Å². The Morgan fingerprint density at radius 2 is 1.67 bits per heavy atom. The Bertz CT molecular complexity index is 1320. The van der Waals surface area contributed by atoms with E-state index in [0.717, 1.165) is 10.9 Å². The van der Waals surface area contributed by atoms with Crippen molar-refractivity contribution in [3.05, 3.63) is 72.1 Å². The van der Waals surface area contributed by atoms with E-state index in [-0.39, 0.29) is 36.7 Å². The second-order valence-corrected chi connectivity index (χ2v) is 7.41. The van der Waals surface area contributed by atoms with Crippen LogP contribution in [0.5, 0.6) is 0 Å². The Morgan fingerprint density at radius 1 is 0.970 bits per heavy atom. The highest BCUT2D eigenvalue weighted by atomic mass is 16.5. The van der Waals surface area contributed by atoms with Gasteiger partial charge in [-0.15, -0.1) is 0 Å². The fourth-order valence-corrected chi connectivity index (χ4v) is 3.76. The molecule has 0 saturated heterocycles. The normalized spacial score (nSPS) is 12.8. The number of anilines is 1. The molecule has 0 fully saturated rings. The zero-order valence-electron chi connectivity index (χ0n) is 17.3. The zero-order chi connectivity index (χ0) is 22.8. The Labute approximate surface area is 187 Å². The number of carbonyl (C=O) groups excluding carboxylic acids is 3. The van der Waals surface area contributed by atoms with Gasteiger partial charge in [0.05, 0.1) is 0 Å². The van der Waals surface area contributed by atoms with Crippen LogP contribution in [0.2, 0.25) is 0 Å². The van der Waals surface area contributed by atoms with Crippen molar-refractivity contribution in [2.45, 2.75) is 12.8 Å². The summed E-state index contributed by atoms with van der Waals surface area (Å²) in [4.78, 5) is 47.2. The van der Waals surface area contributed by atoms with Gasteiger partial charge in [-0.1, -0.05) is 29.4 Å². The van der Waals surface area contributed by atoms with Crippen molar-refractivity contribution in [2.75, 3.05) is 12.0 Å². The molecule has 3 heterocycles. The quantitative estimate of drug-likeness (QED) is 0.330. The van der Waals surface area contributed by atoms with Gasteiger partial charge in [-0.05, 0) is 36.1 Å². The van der Waals surface area contributed by atoms with Gasteiger partial charge in [-0.2, -0.15) is 4.98 Å². The van der Waals surface area contributed by atoms with Crippen LogP contribution in [-0.4, -0.2) is 44.3 Å². The van der Waals surface area contributed by atoms with Gasteiger partial charge in [0, 0.05) is 47.4 Å². The first-order valence-corrected chi connectivity index (χ1v) is 10.3. The van der Waals surface area contributed by atoms with Gasteiger partial charge in [0.1, 0.15) is 0 Å². The van der Waals surface area contributed by atoms with Gasteiger partial charge in [-0.3, -0.25) is 29.7 Å². The maximum absolute atomic E-state index is 12.9. The molecule has 0 bridgehead atoms. The molecule has 0 spiro atoms. The minimum absolute atomic E-state index is 0.0289. The summed E-state index contributed by atoms with van der Waals surface area (Å²) in [5.41, 5.74) is 6.75. The second kappa shape index (κ2) is 8.50. The molecule has 0 saturated carbocycles. The highest BCUT2D eigenvalue weighted by Gasteiger charge is 2.32. The SMILES string of the molecule is O=C(CCCN1C(=O)c2cccc3cccc(c23)C1=O)NNc1nc(-c2ccncc2)no1. The van der Waals surface area contributed by atoms with E-state index in [4.69, 9.17) is 4.52 Å². The van der Waals surface area contributed by atoms with E-state index >= 15 is 0 Å². The molecular formula is C23H18N6O4. The summed E-state index contributed by atoms with van der Waals surface area (Å²) in [6, 6.07) is 14.3. The topological polar surface area (TPSA) is 130 Å². The lowest BCUT2D eigenvalue weighted by molar-refractivity contribution is -0.120. The van der Waals surface area contributed by atoms with Gasteiger partial charge in [0.15, 0.2) is 0 Å². The van der Waals surface area contributed by atoms with Crippen LogP contribution < -0.4 is 10.9 Å². The molecular weight excluding hydrogens is 424 g/mol. The number of aromatic nitrogens is 3. The molecule has 1 aliphatic rings. The lowest BCUT2D eigenvalue weighted by atomic mass is 9.94. The standard InChI is InChI=1S/C23H18N6O4/c30-18(26-27-23-25-20(28-33-23)15-9-11-24-12-10-15)8-3-13-29-21(31)16-6-1-4-14-5-2-7-17(19(14)16)22(29)32/h1-2,4-7,9-12H,3,8,13H2,(H,26,30)(H,25,27,28). The highest BCUT2D eigenvalue weighted by molar-refractivity contribution is 6.25. The van der Waals surface area contributed by atoms with Gasteiger partial charge in [-0.25, -0.2) is 5.43 Å². The maximum Gasteiger partial charge on any atom is 0.340 e. The summed E-state index contributed by atoms with van der Waals surface area (Å²) in [7, 11) is 0. The molecule has 3 amide bonds. The number of hydrazine groups is 1. The van der Waals surface area contributed by atoms with Crippen molar-refractivity contribution in [2.24, 2.45) is 0 Å². The predicted octanol–water partition coefficient (Wildman–Crippen LogP) is 2.80. The van der Waals surface area contributed by atoms with E-state index in [1.54, 1.807) is 48.8 Å². The monoisotopic (exact) mass is 442 g/mol. The molecule has 10 nitrogen and oxygen atoms in total. The van der Waals surface area contributed by atoms with E-state index in [0.29, 0.717) is 28.8 Å². The van der Waals surface area contributed by atoms with Crippen molar-refractivity contribution >= 4 is 34.5 Å². The van der Waals surface area contributed by atoms with Crippen molar-refractivity contribution < 1.29 is 18.9 Å². The van der Waals surface area contributed by atoms with Crippen LogP contribution in [0.3, 0.4) is 0 Å². The lowest BCUT2D eigenvalue weighted by Gasteiger charge is -2.27. The molecule has 5 rings (SSSR count). The number of benzene rings is 2. The smallest absolute Gasteiger partial charge is 0.313 e. The van der Waals surface area contributed by atoms with Gasteiger partial charge < -0.3 is 4.52 Å². The lowest BCUT2D eigenvalue weighted by Crippen LogP contribution is -2.41. The summed E-state index contributed by atoms with van der Waals surface area (Å²) in [6.45, 7) is 0.128. The summed E-state index contributed by atoms with van der Waals surface area (Å²) in [5, 5.41) is 5.36. The molecule has 2 N–H and O–H groups in total. The third-order valence-electron chi connectivity index (χ3n) is 5.31. The van der Waals surface area contributed by atoms with E-state index in [9.17, 15) is 14.4 Å². The van der Waals surface area contributed by atoms with Crippen LogP contribution in [-0.2, 0) is 4.79 Å². The zero-order valence-corrected chi connectivity index (χ0v) is 17.3. The minimum atomic E-state index is -0.350. The van der Waals surface area contributed by atoms with Crippen LogP contribution in [0.25, 0.3) is 22.2 Å². The number of imide groups is 1. The first kappa shape index (κ1) is 20.3. The third kappa shape index (κ3) is 3.89. The van der Waals surface area contributed by atoms with Crippen molar-refractivity contribution in [3.63, 3.8) is 0 Å². The minimum Gasteiger partial charge on any atom is -0.313 e. The number of nitrogens with one attached hydrogen (secondary N) is 2. The van der Waals surface area contributed by atoms with E-state index in [2.05, 4.69) is 26.0 Å². The number of pyridine rings is 1. The first-order valence-electron chi connectivity index (χ1n) is 10.3. The first-order chi connectivity index (χ1) is 16.1. The van der Waals surface area contributed by atoms with Gasteiger partial charge in [0.2, 0.25) is 11.7 Å². The molecule has 0 aliphatic carbocycles. The van der Waals surface area contributed by atoms with Crippen molar-refractivity contribution in [3.8, 4) is 11.4 Å². The van der Waals surface area contributed by atoms with E-state index in [1.165, 1.54) is 4.90 Å². The predicted molar refractivity (Wildman–Crippen MR) is 118 cm³/mol. The molecule has 2 aromatic heterocycles. The number of hydrogen-bond donors (Lipinski definition) is 2. The van der Waals surface area contributed by atoms with Crippen LogP contribution in [0, 0.1) is 0 Å². The van der Waals surface area contributed by atoms with E-state index < -0.39 is 0 Å². The third-order valence-corrected chi connectivity index (χ3v) is 5.31. The van der Waals surface area contributed by atoms with Crippen LogP contribution >= 0.6 is 0 Å². The van der Waals surface area contributed by atoms with Gasteiger partial charge >= 0.3 is 6.01 Å². The maximum atomic E-state index is 12.9. The molecule has 2 aromatic carbocycles. The van der Waals surface area contributed by atoms with Crippen LogP contribution in [0.1, 0.15) is 33.6 Å².